The number of aromatic nitrogens is 4. The van der Waals surface area contributed by atoms with E-state index in [1.54, 1.807) is 24.7 Å². The van der Waals surface area contributed by atoms with Crippen molar-refractivity contribution in [2.45, 2.75) is 45.4 Å². The molecule has 1 aromatic carbocycles. The lowest BCUT2D eigenvalue weighted by molar-refractivity contribution is 0.0366. The number of aryl methyl sites for hydroxylation is 1. The third-order valence-electron chi connectivity index (χ3n) is 5.56. The molecule has 8 nitrogen and oxygen atoms in total. The lowest BCUT2D eigenvalue weighted by atomic mass is 9.99. The van der Waals surface area contributed by atoms with E-state index < -0.39 is 0 Å². The molecule has 0 spiro atoms. The first-order valence-corrected chi connectivity index (χ1v) is 10.1. The third-order valence-corrected chi connectivity index (χ3v) is 5.56. The number of ether oxygens (including phenoxy) is 1. The summed E-state index contributed by atoms with van der Waals surface area (Å²) < 4.78 is 6.13. The maximum Gasteiger partial charge on any atom is 0.256 e. The lowest BCUT2D eigenvalue weighted by Crippen LogP contribution is -2.49. The van der Waals surface area contributed by atoms with E-state index in [1.807, 2.05) is 43.0 Å². The van der Waals surface area contributed by atoms with Crippen molar-refractivity contribution in [3.63, 3.8) is 0 Å². The number of para-hydroxylation sites is 1. The van der Waals surface area contributed by atoms with Gasteiger partial charge in [0, 0.05) is 17.8 Å². The fourth-order valence-corrected chi connectivity index (χ4v) is 3.79. The van der Waals surface area contributed by atoms with Gasteiger partial charge >= 0.3 is 0 Å². The van der Waals surface area contributed by atoms with E-state index in [9.17, 15) is 9.90 Å². The average molecular weight is 407 g/mol. The van der Waals surface area contributed by atoms with Crippen LogP contribution in [-0.4, -0.2) is 54.6 Å². The highest BCUT2D eigenvalue weighted by molar-refractivity contribution is 5.98. The Morgan fingerprint density at radius 2 is 1.93 bits per heavy atom. The van der Waals surface area contributed by atoms with Crippen LogP contribution in [0.3, 0.4) is 0 Å². The Balaban J connectivity index is 1.57. The van der Waals surface area contributed by atoms with Crippen LogP contribution in [0.5, 0.6) is 5.88 Å². The van der Waals surface area contributed by atoms with E-state index in [2.05, 4.69) is 15.2 Å². The lowest BCUT2D eigenvalue weighted by Gasteiger charge is -2.38. The van der Waals surface area contributed by atoms with Crippen molar-refractivity contribution < 1.29 is 14.6 Å². The minimum absolute atomic E-state index is 0.0803. The molecule has 1 saturated heterocycles. The zero-order valence-electron chi connectivity index (χ0n) is 17.1. The van der Waals surface area contributed by atoms with Gasteiger partial charge in [0.1, 0.15) is 6.10 Å². The molecule has 8 heteroatoms. The number of carbonyl (C=O) groups excluding carboxylic acids is 1. The number of aliphatic hydroxyl groups is 1. The van der Waals surface area contributed by atoms with Gasteiger partial charge in [-0.15, -0.1) is 0 Å². The van der Waals surface area contributed by atoms with Gasteiger partial charge in [0.05, 0.1) is 36.8 Å². The van der Waals surface area contributed by atoms with Crippen molar-refractivity contribution in [3.8, 4) is 11.6 Å². The largest absolute Gasteiger partial charge is 0.472 e. The Kier molecular flexibility index (Phi) is 5.76. The predicted molar refractivity (Wildman–Crippen MR) is 110 cm³/mol. The molecule has 2 aromatic heterocycles. The Labute approximate surface area is 175 Å². The van der Waals surface area contributed by atoms with E-state index >= 15 is 0 Å². The highest BCUT2D eigenvalue weighted by Gasteiger charge is 2.32. The van der Waals surface area contributed by atoms with E-state index in [0.717, 1.165) is 18.4 Å². The summed E-state index contributed by atoms with van der Waals surface area (Å²) in [5.41, 5.74) is 2.81. The second-order valence-electron chi connectivity index (χ2n) is 7.53. The molecule has 1 aliphatic rings. The molecule has 0 radical (unpaired) electrons. The van der Waals surface area contributed by atoms with Crippen molar-refractivity contribution in [2.75, 3.05) is 6.54 Å². The van der Waals surface area contributed by atoms with Gasteiger partial charge in [-0.1, -0.05) is 12.1 Å². The molecule has 2 atom stereocenters. The van der Waals surface area contributed by atoms with Crippen LogP contribution < -0.4 is 4.74 Å². The summed E-state index contributed by atoms with van der Waals surface area (Å²) in [5.74, 6) is 0.355. The van der Waals surface area contributed by atoms with Crippen molar-refractivity contribution in [2.24, 2.45) is 0 Å². The van der Waals surface area contributed by atoms with Crippen molar-refractivity contribution in [1.82, 2.24) is 24.9 Å². The van der Waals surface area contributed by atoms with Crippen LogP contribution in [0, 0.1) is 6.92 Å². The summed E-state index contributed by atoms with van der Waals surface area (Å²) in [5, 5.41) is 18.0. The first-order valence-electron chi connectivity index (χ1n) is 10.1. The number of likely N-dealkylation sites (tertiary alicyclic amines) is 1. The van der Waals surface area contributed by atoms with Crippen LogP contribution in [0.15, 0.2) is 48.9 Å². The van der Waals surface area contributed by atoms with E-state index in [-0.39, 0.29) is 24.7 Å². The monoisotopic (exact) mass is 407 g/mol. The molecule has 1 fully saturated rings. The number of pyridine rings is 1. The van der Waals surface area contributed by atoms with Crippen molar-refractivity contribution >= 4 is 5.91 Å². The Morgan fingerprint density at radius 3 is 2.70 bits per heavy atom. The number of hydrogen-bond donors (Lipinski definition) is 1. The zero-order valence-corrected chi connectivity index (χ0v) is 17.1. The summed E-state index contributed by atoms with van der Waals surface area (Å²) in [4.78, 5) is 21.0. The number of rotatable bonds is 5. The number of piperidine rings is 1. The molecule has 0 bridgehead atoms. The van der Waals surface area contributed by atoms with Gasteiger partial charge in [-0.2, -0.15) is 15.0 Å². The molecule has 0 aliphatic carbocycles. The first kappa shape index (κ1) is 20.0. The van der Waals surface area contributed by atoms with Gasteiger partial charge in [0.25, 0.3) is 5.91 Å². The quantitative estimate of drug-likeness (QED) is 0.699. The number of carbonyl (C=O) groups is 1. The minimum Gasteiger partial charge on any atom is -0.472 e. The molecule has 3 heterocycles. The zero-order chi connectivity index (χ0) is 21.1. The molecule has 1 aliphatic heterocycles. The van der Waals surface area contributed by atoms with Crippen LogP contribution in [0.25, 0.3) is 5.69 Å². The van der Waals surface area contributed by atoms with Gasteiger partial charge in [-0.25, -0.2) is 4.98 Å². The fraction of sp³-hybridized carbons (Fsp3) is 0.364. The molecule has 1 amide bonds. The summed E-state index contributed by atoms with van der Waals surface area (Å²) in [7, 11) is 0. The van der Waals surface area contributed by atoms with Crippen LogP contribution >= 0.6 is 0 Å². The number of amides is 1. The van der Waals surface area contributed by atoms with Crippen LogP contribution in [0.1, 0.15) is 41.3 Å². The fourth-order valence-electron chi connectivity index (χ4n) is 3.79. The van der Waals surface area contributed by atoms with Crippen molar-refractivity contribution in [1.29, 1.82) is 0 Å². The molecule has 1 N–H and O–H groups in total. The molecule has 156 valence electrons. The summed E-state index contributed by atoms with van der Waals surface area (Å²) in [6, 6.07) is 9.26. The van der Waals surface area contributed by atoms with Crippen LogP contribution in [0.2, 0.25) is 0 Å². The Bertz CT molecular complexity index is 1020. The third kappa shape index (κ3) is 3.91. The summed E-state index contributed by atoms with van der Waals surface area (Å²) in [6.07, 6.45) is 6.28. The summed E-state index contributed by atoms with van der Waals surface area (Å²) >= 11 is 0. The van der Waals surface area contributed by atoms with Crippen LogP contribution in [-0.2, 0) is 6.61 Å². The average Bonchev–Trinajstić information content (AvgIpc) is 3.30. The second kappa shape index (κ2) is 8.62. The van der Waals surface area contributed by atoms with E-state index in [0.29, 0.717) is 29.2 Å². The number of benzene rings is 1. The Morgan fingerprint density at radius 1 is 1.17 bits per heavy atom. The van der Waals surface area contributed by atoms with Gasteiger partial charge in [0.2, 0.25) is 5.88 Å². The maximum atomic E-state index is 13.4. The molecule has 3 aromatic rings. The van der Waals surface area contributed by atoms with E-state index in [4.69, 9.17) is 4.74 Å². The molecular weight excluding hydrogens is 382 g/mol. The topological polar surface area (TPSA) is 93.4 Å². The van der Waals surface area contributed by atoms with Gasteiger partial charge < -0.3 is 14.7 Å². The van der Waals surface area contributed by atoms with Gasteiger partial charge in [0.15, 0.2) is 0 Å². The number of hydrogen-bond acceptors (Lipinski definition) is 6. The van der Waals surface area contributed by atoms with Gasteiger partial charge in [-0.3, -0.25) is 4.79 Å². The predicted octanol–water partition coefficient (Wildman–Crippen LogP) is 2.54. The highest BCUT2D eigenvalue weighted by atomic mass is 16.5. The summed E-state index contributed by atoms with van der Waals surface area (Å²) in [6.45, 7) is 4.28. The first-order chi connectivity index (χ1) is 14.6. The number of aliphatic hydroxyl groups excluding tert-OH is 1. The smallest absolute Gasteiger partial charge is 0.256 e. The molecule has 0 unspecified atom stereocenters. The van der Waals surface area contributed by atoms with Gasteiger partial charge in [-0.05, 0) is 50.5 Å². The van der Waals surface area contributed by atoms with Crippen LogP contribution in [0.4, 0.5) is 0 Å². The number of nitrogens with zero attached hydrogens (tertiary/aromatic N) is 5. The molecular formula is C22H25N5O3. The second-order valence-corrected chi connectivity index (χ2v) is 7.53. The standard InChI is InChI=1S/C22H25N5O3/c1-15-9-10-23-21(19(15)14-28)30-17-8-7-16(2)26(13-17)22(29)18-5-3-4-6-20(18)27-24-11-12-25-27/h3-6,9-12,16-17,28H,7-8,13-14H2,1-2H3/t16-,17-/m1/s1. The molecule has 4 rings (SSSR count). The highest BCUT2D eigenvalue weighted by Crippen LogP contribution is 2.27. The van der Waals surface area contributed by atoms with Crippen molar-refractivity contribution in [3.05, 3.63) is 65.6 Å². The molecule has 30 heavy (non-hydrogen) atoms. The SMILES string of the molecule is Cc1ccnc(O[C@@H]2CC[C@@H](C)N(C(=O)c3ccccc3-n3nccn3)C2)c1CO. The maximum absolute atomic E-state index is 13.4. The Hall–Kier alpha value is -3.26. The molecule has 0 saturated carbocycles. The van der Waals surface area contributed by atoms with E-state index in [1.165, 1.54) is 4.80 Å². The minimum atomic E-state index is -0.195. The normalized spacial score (nSPS) is 19.0.